The molecule has 3 aromatic rings. The Balaban J connectivity index is 1.55. The third kappa shape index (κ3) is 2.81. The number of nitrogens with zero attached hydrogens (tertiary/aromatic N) is 5. The van der Waals surface area contributed by atoms with E-state index in [2.05, 4.69) is 33.7 Å². The van der Waals surface area contributed by atoms with Gasteiger partial charge in [0, 0.05) is 19.2 Å². The minimum Gasteiger partial charge on any atom is -0.314 e. The number of carbonyl (C=O) groups excluding carboxylic acids is 1. The largest absolute Gasteiger partial charge is 0.314 e. The van der Waals surface area contributed by atoms with Gasteiger partial charge in [0.25, 0.3) is 5.91 Å². The fourth-order valence-corrected chi connectivity index (χ4v) is 5.20. The van der Waals surface area contributed by atoms with Crippen LogP contribution in [0.3, 0.4) is 0 Å². The standard InChI is InChI=1S/C25H25N5O/c1-28-24(31)21-23(30-20-15-9-8-14-19(20)26-25(28)30)27-22(18-12-6-3-7-13-18)29(21)16-17-10-4-2-5-11-17/h2-7,10-13,19-20H,8-9,14-16H2,1H3/t19-,20+/m1/s1. The molecule has 31 heavy (non-hydrogen) atoms. The van der Waals surface area contributed by atoms with E-state index in [0.29, 0.717) is 18.3 Å². The van der Waals surface area contributed by atoms with Gasteiger partial charge in [0.2, 0.25) is 5.96 Å². The highest BCUT2D eigenvalue weighted by molar-refractivity contribution is 6.18. The van der Waals surface area contributed by atoms with Crippen LogP contribution in [-0.2, 0) is 6.54 Å². The summed E-state index contributed by atoms with van der Waals surface area (Å²) >= 11 is 0. The number of hydrogen-bond acceptors (Lipinski definition) is 4. The monoisotopic (exact) mass is 411 g/mol. The van der Waals surface area contributed by atoms with Crippen molar-refractivity contribution in [1.82, 2.24) is 14.5 Å². The van der Waals surface area contributed by atoms with Crippen molar-refractivity contribution in [2.24, 2.45) is 4.99 Å². The number of amides is 1. The second kappa shape index (κ2) is 7.08. The molecule has 1 aliphatic carbocycles. The molecule has 0 bridgehead atoms. The molecule has 2 atom stereocenters. The summed E-state index contributed by atoms with van der Waals surface area (Å²) in [7, 11) is 1.84. The van der Waals surface area contributed by atoms with Crippen LogP contribution in [0.25, 0.3) is 11.4 Å². The van der Waals surface area contributed by atoms with Crippen LogP contribution in [-0.4, -0.2) is 45.4 Å². The van der Waals surface area contributed by atoms with E-state index in [-0.39, 0.29) is 11.9 Å². The summed E-state index contributed by atoms with van der Waals surface area (Å²) in [5.74, 6) is 2.33. The van der Waals surface area contributed by atoms with E-state index in [0.717, 1.165) is 41.6 Å². The van der Waals surface area contributed by atoms with Gasteiger partial charge in [-0.2, -0.15) is 0 Å². The summed E-state index contributed by atoms with van der Waals surface area (Å²) in [6.07, 6.45) is 4.57. The zero-order valence-electron chi connectivity index (χ0n) is 17.6. The van der Waals surface area contributed by atoms with Gasteiger partial charge >= 0.3 is 0 Å². The number of carbonyl (C=O) groups is 1. The third-order valence-electron chi connectivity index (χ3n) is 6.72. The van der Waals surface area contributed by atoms with Gasteiger partial charge < -0.3 is 4.57 Å². The molecule has 6 heteroatoms. The van der Waals surface area contributed by atoms with E-state index in [4.69, 9.17) is 9.98 Å². The van der Waals surface area contributed by atoms with Gasteiger partial charge in [-0.25, -0.2) is 9.98 Å². The Bertz CT molecular complexity index is 1170. The lowest BCUT2D eigenvalue weighted by Crippen LogP contribution is -2.52. The van der Waals surface area contributed by atoms with Crippen molar-refractivity contribution < 1.29 is 4.79 Å². The molecule has 2 aliphatic heterocycles. The molecule has 6 rings (SSSR count). The molecule has 1 aromatic heterocycles. The average Bonchev–Trinajstić information content (AvgIpc) is 3.38. The van der Waals surface area contributed by atoms with Gasteiger partial charge in [0.1, 0.15) is 5.82 Å². The number of guanidine groups is 1. The van der Waals surface area contributed by atoms with E-state index < -0.39 is 0 Å². The SMILES string of the molecule is CN1C(=O)c2c(nc(-c3ccccc3)n2Cc2ccccc2)N2C1=N[C@@H]1CCCC[C@@H]12. The molecule has 6 nitrogen and oxygen atoms in total. The van der Waals surface area contributed by atoms with Crippen LogP contribution < -0.4 is 4.90 Å². The summed E-state index contributed by atoms with van der Waals surface area (Å²) in [6.45, 7) is 0.599. The molecule has 156 valence electrons. The minimum absolute atomic E-state index is 0.0331. The molecule has 0 spiro atoms. The summed E-state index contributed by atoms with van der Waals surface area (Å²) in [5, 5.41) is 0. The van der Waals surface area contributed by atoms with E-state index in [1.807, 2.05) is 43.4 Å². The van der Waals surface area contributed by atoms with E-state index in [9.17, 15) is 4.79 Å². The van der Waals surface area contributed by atoms with Gasteiger partial charge in [-0.05, 0) is 18.4 Å². The Morgan fingerprint density at radius 1 is 0.968 bits per heavy atom. The lowest BCUT2D eigenvalue weighted by Gasteiger charge is -2.36. The fourth-order valence-electron chi connectivity index (χ4n) is 5.20. The maximum Gasteiger partial charge on any atom is 0.280 e. The van der Waals surface area contributed by atoms with E-state index in [1.165, 1.54) is 12.8 Å². The average molecular weight is 412 g/mol. The fraction of sp³-hybridized carbons (Fsp3) is 0.320. The molecule has 1 amide bonds. The van der Waals surface area contributed by atoms with Crippen LogP contribution in [0, 0.1) is 0 Å². The number of benzene rings is 2. The highest BCUT2D eigenvalue weighted by atomic mass is 16.2. The molecule has 3 heterocycles. The van der Waals surface area contributed by atoms with Crippen LogP contribution in [0.1, 0.15) is 41.7 Å². The molecule has 0 saturated heterocycles. The lowest BCUT2D eigenvalue weighted by molar-refractivity contribution is 0.0855. The topological polar surface area (TPSA) is 53.7 Å². The number of hydrogen-bond donors (Lipinski definition) is 0. The number of rotatable bonds is 3. The van der Waals surface area contributed by atoms with Crippen molar-refractivity contribution in [3.05, 3.63) is 71.9 Å². The number of anilines is 1. The second-order valence-electron chi connectivity index (χ2n) is 8.63. The molecule has 3 aliphatic rings. The highest BCUT2D eigenvalue weighted by Crippen LogP contribution is 2.41. The van der Waals surface area contributed by atoms with Crippen LogP contribution >= 0.6 is 0 Å². The summed E-state index contributed by atoms with van der Waals surface area (Å²) < 4.78 is 2.09. The van der Waals surface area contributed by atoms with E-state index in [1.54, 1.807) is 4.90 Å². The van der Waals surface area contributed by atoms with Crippen LogP contribution in [0.15, 0.2) is 65.7 Å². The maximum absolute atomic E-state index is 13.6. The molecule has 0 radical (unpaired) electrons. The Labute approximate surface area is 181 Å². The Kier molecular flexibility index (Phi) is 4.19. The Morgan fingerprint density at radius 3 is 2.45 bits per heavy atom. The van der Waals surface area contributed by atoms with Gasteiger partial charge in [0.05, 0.1) is 12.1 Å². The van der Waals surface area contributed by atoms with Crippen molar-refractivity contribution >= 4 is 17.7 Å². The van der Waals surface area contributed by atoms with Crippen LogP contribution in [0.2, 0.25) is 0 Å². The molecule has 1 saturated carbocycles. The summed E-state index contributed by atoms with van der Waals surface area (Å²) in [5.41, 5.74) is 2.82. The number of aromatic nitrogens is 2. The first-order valence-electron chi connectivity index (χ1n) is 11.1. The first kappa shape index (κ1) is 18.4. The number of aliphatic imine (C=N–C) groups is 1. The molecular formula is C25H25N5O. The van der Waals surface area contributed by atoms with Crippen molar-refractivity contribution in [2.45, 2.75) is 44.3 Å². The third-order valence-corrected chi connectivity index (χ3v) is 6.72. The quantitative estimate of drug-likeness (QED) is 0.650. The first-order valence-corrected chi connectivity index (χ1v) is 11.1. The van der Waals surface area contributed by atoms with Crippen LogP contribution in [0.4, 0.5) is 5.82 Å². The van der Waals surface area contributed by atoms with Crippen molar-refractivity contribution in [3.63, 3.8) is 0 Å². The normalized spacial score (nSPS) is 22.1. The lowest BCUT2D eigenvalue weighted by atomic mass is 9.90. The second-order valence-corrected chi connectivity index (χ2v) is 8.63. The van der Waals surface area contributed by atoms with Gasteiger partial charge in [-0.3, -0.25) is 14.6 Å². The van der Waals surface area contributed by atoms with Crippen molar-refractivity contribution in [1.29, 1.82) is 0 Å². The van der Waals surface area contributed by atoms with Gasteiger partial charge in [-0.15, -0.1) is 0 Å². The smallest absolute Gasteiger partial charge is 0.280 e. The van der Waals surface area contributed by atoms with Crippen molar-refractivity contribution in [2.75, 3.05) is 11.9 Å². The molecule has 2 aromatic carbocycles. The molecule has 1 fully saturated rings. The molecule has 0 unspecified atom stereocenters. The summed E-state index contributed by atoms with van der Waals surface area (Å²) in [4.78, 5) is 27.6. The Hall–Kier alpha value is -3.41. The predicted molar refractivity (Wildman–Crippen MR) is 121 cm³/mol. The highest BCUT2D eigenvalue weighted by Gasteiger charge is 2.48. The van der Waals surface area contributed by atoms with Gasteiger partial charge in [0.15, 0.2) is 11.5 Å². The van der Waals surface area contributed by atoms with E-state index >= 15 is 0 Å². The zero-order chi connectivity index (χ0) is 20.9. The zero-order valence-corrected chi connectivity index (χ0v) is 17.6. The minimum atomic E-state index is -0.0331. The predicted octanol–water partition coefficient (Wildman–Crippen LogP) is 4.17. The first-order chi connectivity index (χ1) is 15.2. The van der Waals surface area contributed by atoms with Gasteiger partial charge in [-0.1, -0.05) is 73.5 Å². The molecule has 0 N–H and O–H groups in total. The maximum atomic E-state index is 13.6. The number of imidazole rings is 1. The molecular weight excluding hydrogens is 386 g/mol. The number of fused-ring (bicyclic) bond motifs is 5. The van der Waals surface area contributed by atoms with Crippen LogP contribution in [0.5, 0.6) is 0 Å². The summed E-state index contributed by atoms with van der Waals surface area (Å²) in [6, 6.07) is 21.0. The Morgan fingerprint density at radius 2 is 1.68 bits per heavy atom. The van der Waals surface area contributed by atoms with Crippen molar-refractivity contribution in [3.8, 4) is 11.4 Å².